The molecule has 0 fully saturated rings. The van der Waals surface area contributed by atoms with Crippen molar-refractivity contribution in [2.45, 2.75) is 0 Å². The Kier molecular flexibility index (Phi) is 4.09. The highest BCUT2D eigenvalue weighted by atomic mass is 35.5. The average molecular weight is 264 g/mol. The van der Waals surface area contributed by atoms with Crippen LogP contribution in [0.4, 0.5) is 5.69 Å². The van der Waals surface area contributed by atoms with Gasteiger partial charge in [-0.2, -0.15) is 0 Å². The summed E-state index contributed by atoms with van der Waals surface area (Å²) in [6.45, 7) is 0. The van der Waals surface area contributed by atoms with E-state index in [1.807, 2.05) is 0 Å². The molecule has 0 radical (unpaired) electrons. The number of nitrogens with zero attached hydrogens (tertiary/aromatic N) is 1. The smallest absolute Gasteiger partial charge is 0.288 e. The average Bonchev–Trinajstić information content (AvgIpc) is 2.26. The third-order valence-corrected chi connectivity index (χ3v) is 2.53. The van der Waals surface area contributed by atoms with Crippen LogP contribution in [0.25, 0.3) is 0 Å². The fourth-order valence-electron chi connectivity index (χ4n) is 1.19. The van der Waals surface area contributed by atoms with Crippen LogP contribution >= 0.6 is 23.2 Å². The molecule has 5 nitrogen and oxygen atoms in total. The van der Waals surface area contributed by atoms with Gasteiger partial charge in [0.05, 0.1) is 23.5 Å². The summed E-state index contributed by atoms with van der Waals surface area (Å²) in [5.41, 5.74) is -0.413. The van der Waals surface area contributed by atoms with E-state index in [9.17, 15) is 14.9 Å². The van der Waals surface area contributed by atoms with Gasteiger partial charge >= 0.3 is 0 Å². The van der Waals surface area contributed by atoms with Crippen molar-refractivity contribution in [3.05, 3.63) is 32.8 Å². The fourth-order valence-corrected chi connectivity index (χ4v) is 1.65. The number of ketones is 1. The molecular formula is C9H7Cl2NO4. The first kappa shape index (κ1) is 12.7. The van der Waals surface area contributed by atoms with Gasteiger partial charge in [-0.25, -0.2) is 0 Å². The quantitative estimate of drug-likeness (QED) is 0.363. The van der Waals surface area contributed by atoms with E-state index in [2.05, 4.69) is 0 Å². The lowest BCUT2D eigenvalue weighted by molar-refractivity contribution is -0.384. The van der Waals surface area contributed by atoms with Crippen molar-refractivity contribution in [2.24, 2.45) is 0 Å². The Morgan fingerprint density at radius 1 is 1.56 bits per heavy atom. The highest BCUT2D eigenvalue weighted by Gasteiger charge is 2.24. The number of halogens is 2. The predicted octanol–water partition coefficient (Wildman–Crippen LogP) is 2.68. The van der Waals surface area contributed by atoms with Gasteiger partial charge in [-0.1, -0.05) is 11.6 Å². The lowest BCUT2D eigenvalue weighted by atomic mass is 10.1. The third kappa shape index (κ3) is 2.25. The van der Waals surface area contributed by atoms with E-state index in [0.717, 1.165) is 0 Å². The number of methoxy groups -OCH3 is 1. The first-order chi connectivity index (χ1) is 7.52. The summed E-state index contributed by atoms with van der Waals surface area (Å²) in [5, 5.41) is 10.4. The van der Waals surface area contributed by atoms with E-state index < -0.39 is 10.7 Å². The molecule has 7 heteroatoms. The molecule has 0 amide bonds. The second kappa shape index (κ2) is 5.14. The number of alkyl halides is 1. The first-order valence-electron chi connectivity index (χ1n) is 4.13. The van der Waals surface area contributed by atoms with Gasteiger partial charge in [0.15, 0.2) is 5.78 Å². The summed E-state index contributed by atoms with van der Waals surface area (Å²) in [6, 6.07) is 2.48. The molecule has 0 spiro atoms. The Bertz CT molecular complexity index is 447. The molecule has 0 unspecified atom stereocenters. The van der Waals surface area contributed by atoms with E-state index >= 15 is 0 Å². The van der Waals surface area contributed by atoms with Crippen molar-refractivity contribution in [3.8, 4) is 5.75 Å². The number of carbonyl (C=O) groups is 1. The molecule has 16 heavy (non-hydrogen) atoms. The standard InChI is InChI=1S/C9H7Cl2NO4/c1-16-7-3-2-5(12(14)15)9(11)8(7)6(13)4-10/h2-3H,4H2,1H3. The van der Waals surface area contributed by atoms with Crippen molar-refractivity contribution in [1.29, 1.82) is 0 Å². The summed E-state index contributed by atoms with van der Waals surface area (Å²) in [7, 11) is 1.34. The Hall–Kier alpha value is -1.33. The zero-order valence-electron chi connectivity index (χ0n) is 8.20. The molecule has 0 bridgehead atoms. The highest BCUT2D eigenvalue weighted by molar-refractivity contribution is 6.39. The number of rotatable bonds is 4. The second-order valence-corrected chi connectivity index (χ2v) is 3.44. The maximum Gasteiger partial charge on any atom is 0.288 e. The summed E-state index contributed by atoms with van der Waals surface area (Å²) in [4.78, 5) is 21.4. The number of hydrogen-bond acceptors (Lipinski definition) is 4. The van der Waals surface area contributed by atoms with Crippen molar-refractivity contribution >= 4 is 34.7 Å². The molecule has 0 aliphatic rings. The lowest BCUT2D eigenvalue weighted by Crippen LogP contribution is -2.06. The number of carbonyl (C=O) groups excluding carboxylic acids is 1. The van der Waals surface area contributed by atoms with E-state index in [-0.39, 0.29) is 27.9 Å². The molecule has 0 aliphatic heterocycles. The van der Waals surface area contributed by atoms with Crippen molar-refractivity contribution < 1.29 is 14.5 Å². The summed E-state index contributed by atoms with van der Waals surface area (Å²) < 4.78 is 4.90. The number of benzene rings is 1. The summed E-state index contributed by atoms with van der Waals surface area (Å²) >= 11 is 11.1. The van der Waals surface area contributed by atoms with E-state index in [4.69, 9.17) is 27.9 Å². The Labute approximate surface area is 101 Å². The van der Waals surface area contributed by atoms with Crippen LogP contribution in [0.3, 0.4) is 0 Å². The molecular weight excluding hydrogens is 257 g/mol. The van der Waals surface area contributed by atoms with Crippen LogP contribution in [-0.4, -0.2) is 23.7 Å². The Balaban J connectivity index is 3.46. The monoisotopic (exact) mass is 263 g/mol. The Morgan fingerprint density at radius 2 is 2.19 bits per heavy atom. The van der Waals surface area contributed by atoms with Crippen molar-refractivity contribution in [3.63, 3.8) is 0 Å². The van der Waals surface area contributed by atoms with Gasteiger partial charge in [0, 0.05) is 6.07 Å². The van der Waals surface area contributed by atoms with E-state index in [0.29, 0.717) is 0 Å². The van der Waals surface area contributed by atoms with Crippen LogP contribution in [0.15, 0.2) is 12.1 Å². The van der Waals surface area contributed by atoms with Gasteiger partial charge in [-0.3, -0.25) is 14.9 Å². The van der Waals surface area contributed by atoms with Gasteiger partial charge in [-0.05, 0) is 6.07 Å². The van der Waals surface area contributed by atoms with Crippen LogP contribution in [-0.2, 0) is 0 Å². The molecule has 0 atom stereocenters. The number of Topliss-reactive ketones (excluding diaryl/α,β-unsaturated/α-hetero) is 1. The van der Waals surface area contributed by atoms with Crippen LogP contribution in [0.1, 0.15) is 10.4 Å². The second-order valence-electron chi connectivity index (χ2n) is 2.79. The van der Waals surface area contributed by atoms with Gasteiger partial charge in [-0.15, -0.1) is 11.6 Å². The van der Waals surface area contributed by atoms with Crippen LogP contribution in [0.5, 0.6) is 5.75 Å². The topological polar surface area (TPSA) is 69.4 Å². The number of nitro groups is 1. The Morgan fingerprint density at radius 3 is 2.62 bits per heavy atom. The van der Waals surface area contributed by atoms with Gasteiger partial charge in [0.2, 0.25) is 0 Å². The minimum Gasteiger partial charge on any atom is -0.496 e. The van der Waals surface area contributed by atoms with Crippen molar-refractivity contribution in [2.75, 3.05) is 13.0 Å². The summed E-state index contributed by atoms with van der Waals surface area (Å²) in [5.74, 6) is -0.675. The SMILES string of the molecule is COc1ccc([N+](=O)[O-])c(Cl)c1C(=O)CCl. The van der Waals surface area contributed by atoms with Gasteiger partial charge in [0.25, 0.3) is 5.69 Å². The first-order valence-corrected chi connectivity index (χ1v) is 5.04. The molecule has 0 N–H and O–H groups in total. The maximum atomic E-state index is 11.5. The molecule has 1 aromatic carbocycles. The number of nitro benzene ring substituents is 1. The van der Waals surface area contributed by atoms with Crippen LogP contribution in [0, 0.1) is 10.1 Å². The molecule has 0 aromatic heterocycles. The normalized spacial score (nSPS) is 9.94. The summed E-state index contributed by atoms with van der Waals surface area (Å²) in [6.07, 6.45) is 0. The number of hydrogen-bond donors (Lipinski definition) is 0. The molecule has 1 aromatic rings. The maximum absolute atomic E-state index is 11.5. The molecule has 86 valence electrons. The fraction of sp³-hybridized carbons (Fsp3) is 0.222. The zero-order chi connectivity index (χ0) is 12.3. The zero-order valence-corrected chi connectivity index (χ0v) is 9.71. The van der Waals surface area contributed by atoms with Crippen molar-refractivity contribution in [1.82, 2.24) is 0 Å². The lowest BCUT2D eigenvalue weighted by Gasteiger charge is -2.08. The number of ether oxygens (including phenoxy) is 1. The van der Waals surface area contributed by atoms with Gasteiger partial charge in [0.1, 0.15) is 10.8 Å². The van der Waals surface area contributed by atoms with E-state index in [1.165, 1.54) is 19.2 Å². The largest absolute Gasteiger partial charge is 0.496 e. The van der Waals surface area contributed by atoms with Crippen LogP contribution in [0.2, 0.25) is 5.02 Å². The minimum atomic E-state index is -0.674. The highest BCUT2D eigenvalue weighted by Crippen LogP contribution is 2.34. The molecule has 0 heterocycles. The predicted molar refractivity (Wildman–Crippen MR) is 59.7 cm³/mol. The molecule has 0 saturated carbocycles. The molecule has 1 rings (SSSR count). The third-order valence-electron chi connectivity index (χ3n) is 1.90. The van der Waals surface area contributed by atoms with Crippen LogP contribution < -0.4 is 4.74 Å². The molecule has 0 aliphatic carbocycles. The van der Waals surface area contributed by atoms with E-state index in [1.54, 1.807) is 0 Å². The van der Waals surface area contributed by atoms with Gasteiger partial charge < -0.3 is 4.74 Å². The molecule has 0 saturated heterocycles. The minimum absolute atomic E-state index is 0.0617.